The molecule has 0 radical (unpaired) electrons. The van der Waals surface area contributed by atoms with Crippen LogP contribution >= 0.6 is 11.9 Å². The summed E-state index contributed by atoms with van der Waals surface area (Å²) in [6, 6.07) is 0. The van der Waals surface area contributed by atoms with Crippen LogP contribution in [0.1, 0.15) is 32.6 Å². The zero-order valence-electron chi connectivity index (χ0n) is 6.48. The molecule has 0 unspecified atom stereocenters. The van der Waals surface area contributed by atoms with Gasteiger partial charge in [0.2, 0.25) is 0 Å². The van der Waals surface area contributed by atoms with Crippen molar-refractivity contribution in [2.45, 2.75) is 32.6 Å². The Morgan fingerprint density at radius 3 is 2.40 bits per heavy atom. The summed E-state index contributed by atoms with van der Waals surface area (Å²) in [6.45, 7) is 3.06. The first-order valence-electron chi connectivity index (χ1n) is 4.06. The molecule has 0 saturated heterocycles. The van der Waals surface area contributed by atoms with Gasteiger partial charge in [-0.15, -0.1) is 0 Å². The molecule has 2 heteroatoms. The molecule has 1 aliphatic carbocycles. The molecule has 1 fully saturated rings. The van der Waals surface area contributed by atoms with Crippen molar-refractivity contribution in [2.75, 3.05) is 6.61 Å². The van der Waals surface area contributed by atoms with Crippen LogP contribution in [0.3, 0.4) is 0 Å². The van der Waals surface area contributed by atoms with Crippen LogP contribution in [0, 0.1) is 11.8 Å². The number of rotatable bonds is 2. The van der Waals surface area contributed by atoms with E-state index >= 15 is 0 Å². The van der Waals surface area contributed by atoms with E-state index in [0.717, 1.165) is 18.4 Å². The highest BCUT2D eigenvalue weighted by molar-refractivity contribution is 6.07. The molecular weight excluding hydrogens is 148 g/mol. The minimum absolute atomic E-state index is 0.730. The Hall–Kier alpha value is 0.250. The summed E-state index contributed by atoms with van der Waals surface area (Å²) < 4.78 is 4.59. The van der Waals surface area contributed by atoms with Gasteiger partial charge in [0.15, 0.2) is 0 Å². The zero-order valence-corrected chi connectivity index (χ0v) is 7.23. The second-order valence-electron chi connectivity index (χ2n) is 3.40. The average Bonchev–Trinajstić information content (AvgIpc) is 1.95. The van der Waals surface area contributed by atoms with Crippen molar-refractivity contribution in [2.24, 2.45) is 11.8 Å². The maximum absolute atomic E-state index is 5.17. The minimum atomic E-state index is 0.730. The van der Waals surface area contributed by atoms with Crippen LogP contribution in [0.5, 0.6) is 0 Å². The Labute approximate surface area is 67.9 Å². The van der Waals surface area contributed by atoms with Gasteiger partial charge in [-0.3, -0.25) is 4.29 Å². The van der Waals surface area contributed by atoms with E-state index in [2.05, 4.69) is 11.2 Å². The first kappa shape index (κ1) is 8.35. The molecule has 0 N–H and O–H groups in total. The largest absolute Gasteiger partial charge is 0.279 e. The van der Waals surface area contributed by atoms with E-state index in [1.807, 2.05) is 0 Å². The Morgan fingerprint density at radius 1 is 1.30 bits per heavy atom. The average molecular weight is 163 g/mol. The first-order valence-corrected chi connectivity index (χ1v) is 4.37. The molecule has 1 nitrogen and oxygen atoms in total. The Balaban J connectivity index is 2.13. The summed E-state index contributed by atoms with van der Waals surface area (Å²) in [4.78, 5) is 0. The van der Waals surface area contributed by atoms with Crippen molar-refractivity contribution in [1.82, 2.24) is 0 Å². The molecule has 0 aromatic carbocycles. The highest BCUT2D eigenvalue weighted by atomic mass is 35.5. The standard InChI is InChI=1S/C8H15ClO/c1-7-2-4-8(5-3-7)6-10-9/h7-8H,2-6H2,1H3/t7-,8-. The summed E-state index contributed by atoms with van der Waals surface area (Å²) in [7, 11) is 0. The molecule has 0 heterocycles. The maximum atomic E-state index is 5.17. The monoisotopic (exact) mass is 162 g/mol. The van der Waals surface area contributed by atoms with Crippen molar-refractivity contribution in [3.63, 3.8) is 0 Å². The van der Waals surface area contributed by atoms with Crippen molar-refractivity contribution < 1.29 is 4.29 Å². The lowest BCUT2D eigenvalue weighted by molar-refractivity contribution is 0.199. The zero-order chi connectivity index (χ0) is 7.40. The van der Waals surface area contributed by atoms with Crippen molar-refractivity contribution in [1.29, 1.82) is 0 Å². The second-order valence-corrected chi connectivity index (χ2v) is 3.62. The van der Waals surface area contributed by atoms with Crippen LogP contribution < -0.4 is 0 Å². The van der Waals surface area contributed by atoms with Gasteiger partial charge in [-0.2, -0.15) is 0 Å². The second kappa shape index (κ2) is 4.20. The lowest BCUT2D eigenvalue weighted by Crippen LogP contribution is -2.15. The summed E-state index contributed by atoms with van der Waals surface area (Å²) >= 11 is 5.17. The molecule has 0 aromatic rings. The number of hydrogen-bond acceptors (Lipinski definition) is 1. The molecule has 10 heavy (non-hydrogen) atoms. The fourth-order valence-electron chi connectivity index (χ4n) is 1.58. The molecule has 1 aliphatic rings. The van der Waals surface area contributed by atoms with Crippen molar-refractivity contribution >= 4 is 11.9 Å². The molecule has 0 amide bonds. The third kappa shape index (κ3) is 2.47. The molecular formula is C8H15ClO. The summed E-state index contributed by atoms with van der Waals surface area (Å²) in [6.07, 6.45) is 5.30. The third-order valence-corrected chi connectivity index (χ3v) is 2.56. The smallest absolute Gasteiger partial charge is 0.0710 e. The van der Waals surface area contributed by atoms with Gasteiger partial charge in [-0.05, 0) is 24.7 Å². The van der Waals surface area contributed by atoms with Gasteiger partial charge in [0.25, 0.3) is 0 Å². The van der Waals surface area contributed by atoms with E-state index in [4.69, 9.17) is 11.9 Å². The lowest BCUT2D eigenvalue weighted by Gasteiger charge is -2.24. The predicted octanol–water partition coefficient (Wildman–Crippen LogP) is 2.98. The van der Waals surface area contributed by atoms with Gasteiger partial charge in [0, 0.05) is 0 Å². The number of hydrogen-bond donors (Lipinski definition) is 0. The molecule has 0 atom stereocenters. The van der Waals surface area contributed by atoms with E-state index in [9.17, 15) is 0 Å². The maximum Gasteiger partial charge on any atom is 0.0710 e. The molecule has 1 rings (SSSR count). The fourth-order valence-corrected chi connectivity index (χ4v) is 1.76. The Kier molecular flexibility index (Phi) is 3.50. The van der Waals surface area contributed by atoms with E-state index in [0.29, 0.717) is 0 Å². The summed E-state index contributed by atoms with van der Waals surface area (Å²) in [5, 5.41) is 0. The van der Waals surface area contributed by atoms with E-state index in [1.54, 1.807) is 0 Å². The fraction of sp³-hybridized carbons (Fsp3) is 1.00. The Morgan fingerprint density at radius 2 is 1.90 bits per heavy atom. The quantitative estimate of drug-likeness (QED) is 0.607. The van der Waals surface area contributed by atoms with Gasteiger partial charge in [-0.25, -0.2) is 0 Å². The SMILES string of the molecule is C[C@H]1CC[C@H](COCl)CC1. The van der Waals surface area contributed by atoms with Gasteiger partial charge in [-0.1, -0.05) is 19.8 Å². The van der Waals surface area contributed by atoms with Crippen LogP contribution in [0.15, 0.2) is 0 Å². The predicted molar refractivity (Wildman–Crippen MR) is 42.9 cm³/mol. The van der Waals surface area contributed by atoms with Crippen LogP contribution in [-0.4, -0.2) is 6.61 Å². The summed E-state index contributed by atoms with van der Waals surface area (Å²) in [5.41, 5.74) is 0. The molecule has 0 bridgehead atoms. The van der Waals surface area contributed by atoms with Gasteiger partial charge in [0.1, 0.15) is 0 Å². The lowest BCUT2D eigenvalue weighted by atomic mass is 9.83. The molecule has 1 saturated carbocycles. The molecule has 0 aliphatic heterocycles. The summed E-state index contributed by atoms with van der Waals surface area (Å²) in [5.74, 6) is 1.65. The topological polar surface area (TPSA) is 9.23 Å². The molecule has 60 valence electrons. The van der Waals surface area contributed by atoms with E-state index in [1.165, 1.54) is 25.7 Å². The van der Waals surface area contributed by atoms with E-state index < -0.39 is 0 Å². The normalized spacial score (nSPS) is 34.2. The Bertz CT molecular complexity index is 87.3. The third-order valence-electron chi connectivity index (χ3n) is 2.43. The van der Waals surface area contributed by atoms with Gasteiger partial charge >= 0.3 is 0 Å². The molecule has 0 aromatic heterocycles. The van der Waals surface area contributed by atoms with Crippen LogP contribution in [0.2, 0.25) is 0 Å². The van der Waals surface area contributed by atoms with Gasteiger partial charge in [0.05, 0.1) is 18.5 Å². The van der Waals surface area contributed by atoms with Crippen molar-refractivity contribution in [3.05, 3.63) is 0 Å². The molecule has 0 spiro atoms. The van der Waals surface area contributed by atoms with E-state index in [-0.39, 0.29) is 0 Å². The van der Waals surface area contributed by atoms with Crippen LogP contribution in [0.25, 0.3) is 0 Å². The van der Waals surface area contributed by atoms with Crippen molar-refractivity contribution in [3.8, 4) is 0 Å². The first-order chi connectivity index (χ1) is 4.83. The van der Waals surface area contributed by atoms with Gasteiger partial charge < -0.3 is 0 Å². The highest BCUT2D eigenvalue weighted by Gasteiger charge is 2.17. The highest BCUT2D eigenvalue weighted by Crippen LogP contribution is 2.28. The number of halogens is 1. The van der Waals surface area contributed by atoms with Crippen LogP contribution in [0.4, 0.5) is 0 Å². The van der Waals surface area contributed by atoms with Crippen LogP contribution in [-0.2, 0) is 4.29 Å². The minimum Gasteiger partial charge on any atom is -0.279 e.